The summed E-state index contributed by atoms with van der Waals surface area (Å²) in [7, 11) is 0. The molecular formula is C25H20N6O3S. The van der Waals surface area contributed by atoms with Gasteiger partial charge >= 0.3 is 0 Å². The second kappa shape index (κ2) is 8.88. The number of hydrazone groups is 1. The van der Waals surface area contributed by atoms with Crippen LogP contribution in [0.1, 0.15) is 29.5 Å². The zero-order chi connectivity index (χ0) is 23.8. The van der Waals surface area contributed by atoms with E-state index in [0.717, 1.165) is 22.2 Å². The molecule has 6 rings (SSSR count). The van der Waals surface area contributed by atoms with Crippen LogP contribution in [-0.4, -0.2) is 42.6 Å². The monoisotopic (exact) mass is 484 g/mol. The molecule has 0 saturated carbocycles. The predicted octanol–water partition coefficient (Wildman–Crippen LogP) is 4.78. The van der Waals surface area contributed by atoms with Crippen LogP contribution >= 0.6 is 11.8 Å². The third-order valence-corrected chi connectivity index (χ3v) is 6.66. The van der Waals surface area contributed by atoms with Crippen LogP contribution in [0.4, 0.5) is 0 Å². The van der Waals surface area contributed by atoms with Crippen molar-refractivity contribution in [3.05, 3.63) is 90.1 Å². The van der Waals surface area contributed by atoms with E-state index in [2.05, 4.69) is 20.6 Å². The predicted molar refractivity (Wildman–Crippen MR) is 130 cm³/mol. The molecule has 0 radical (unpaired) electrons. The maximum Gasteiger partial charge on any atom is 0.253 e. The highest BCUT2D eigenvalue weighted by Gasteiger charge is 2.36. The minimum Gasteiger partial charge on any atom is -0.467 e. The highest BCUT2D eigenvalue weighted by Crippen LogP contribution is 2.35. The lowest BCUT2D eigenvalue weighted by Gasteiger charge is -2.19. The van der Waals surface area contributed by atoms with Gasteiger partial charge in [-0.2, -0.15) is 9.78 Å². The Morgan fingerprint density at radius 2 is 2.03 bits per heavy atom. The number of tetrazole rings is 1. The summed E-state index contributed by atoms with van der Waals surface area (Å²) >= 11 is 1.26. The Morgan fingerprint density at radius 1 is 1.11 bits per heavy atom. The van der Waals surface area contributed by atoms with Crippen LogP contribution in [0.15, 0.2) is 92.1 Å². The number of para-hydroxylation sites is 1. The van der Waals surface area contributed by atoms with Gasteiger partial charge in [-0.15, -0.1) is 5.10 Å². The Hall–Kier alpha value is -4.18. The Labute approximate surface area is 204 Å². The van der Waals surface area contributed by atoms with Crippen molar-refractivity contribution >= 4 is 34.3 Å². The molecule has 1 aliphatic heterocycles. The van der Waals surface area contributed by atoms with Gasteiger partial charge in [0, 0.05) is 11.8 Å². The Kier molecular flexibility index (Phi) is 5.42. The van der Waals surface area contributed by atoms with E-state index in [1.54, 1.807) is 10.9 Å². The summed E-state index contributed by atoms with van der Waals surface area (Å²) in [5, 5.41) is 19.6. The SMILES string of the molecule is Cc1cccc(-n2nnnc2SCC(=O)N2N=C(c3cc4ccccc4o3)CC2c2ccco2)c1. The van der Waals surface area contributed by atoms with Crippen LogP contribution in [-0.2, 0) is 4.79 Å². The molecule has 9 nitrogen and oxygen atoms in total. The standard InChI is InChI=1S/C25H20N6O3S/c1-16-6-4-8-18(12-16)30-25(26-28-29-30)35-15-24(32)31-20(22-10-5-11-33-22)14-19(27-31)23-13-17-7-2-3-9-21(17)34-23/h2-13,20H,14-15H2,1H3. The molecule has 0 bridgehead atoms. The lowest BCUT2D eigenvalue weighted by atomic mass is 10.1. The first kappa shape index (κ1) is 21.4. The zero-order valence-electron chi connectivity index (χ0n) is 18.7. The number of benzene rings is 2. The Bertz CT molecular complexity index is 1500. The van der Waals surface area contributed by atoms with Crippen molar-refractivity contribution in [3.8, 4) is 5.69 Å². The lowest BCUT2D eigenvalue weighted by Crippen LogP contribution is -2.28. The minimum absolute atomic E-state index is 0.111. The van der Waals surface area contributed by atoms with Crippen LogP contribution < -0.4 is 0 Å². The number of rotatable bonds is 6. The molecule has 0 fully saturated rings. The van der Waals surface area contributed by atoms with Gasteiger partial charge in [-0.25, -0.2) is 5.01 Å². The van der Waals surface area contributed by atoms with E-state index in [4.69, 9.17) is 8.83 Å². The number of carbonyl (C=O) groups is 1. The fourth-order valence-electron chi connectivity index (χ4n) is 4.10. The van der Waals surface area contributed by atoms with Crippen molar-refractivity contribution in [2.45, 2.75) is 24.5 Å². The molecule has 5 aromatic rings. The van der Waals surface area contributed by atoms with E-state index in [1.807, 2.05) is 73.7 Å². The third kappa shape index (κ3) is 4.12. The van der Waals surface area contributed by atoms with Crippen LogP contribution in [0.3, 0.4) is 0 Å². The van der Waals surface area contributed by atoms with Gasteiger partial charge in [-0.3, -0.25) is 4.79 Å². The minimum atomic E-state index is -0.353. The van der Waals surface area contributed by atoms with Gasteiger partial charge in [0.2, 0.25) is 5.16 Å². The summed E-state index contributed by atoms with van der Waals surface area (Å²) < 4.78 is 13.3. The average Bonchev–Trinajstić information content (AvgIpc) is 3.67. The largest absolute Gasteiger partial charge is 0.467 e. The van der Waals surface area contributed by atoms with Crippen molar-refractivity contribution in [1.29, 1.82) is 0 Å². The number of amides is 1. The molecule has 0 spiro atoms. The van der Waals surface area contributed by atoms with Gasteiger partial charge in [0.1, 0.15) is 23.1 Å². The second-order valence-corrected chi connectivity index (χ2v) is 9.11. The summed E-state index contributed by atoms with van der Waals surface area (Å²) in [6.07, 6.45) is 2.09. The van der Waals surface area contributed by atoms with Crippen molar-refractivity contribution in [3.63, 3.8) is 0 Å². The Morgan fingerprint density at radius 3 is 2.86 bits per heavy atom. The summed E-state index contributed by atoms with van der Waals surface area (Å²) in [5.41, 5.74) is 3.41. The molecule has 1 amide bonds. The molecule has 3 aromatic heterocycles. The summed E-state index contributed by atoms with van der Waals surface area (Å²) in [4.78, 5) is 13.3. The lowest BCUT2D eigenvalue weighted by molar-refractivity contribution is -0.130. The summed E-state index contributed by atoms with van der Waals surface area (Å²) in [6, 6.07) is 20.9. The summed E-state index contributed by atoms with van der Waals surface area (Å²) in [5.74, 6) is 1.25. The highest BCUT2D eigenvalue weighted by atomic mass is 32.2. The van der Waals surface area contributed by atoms with Gasteiger partial charge in [-0.05, 0) is 59.3 Å². The van der Waals surface area contributed by atoms with Crippen LogP contribution in [0, 0.1) is 6.92 Å². The number of aromatic nitrogens is 4. The number of carbonyl (C=O) groups excluding carboxylic acids is 1. The van der Waals surface area contributed by atoms with E-state index >= 15 is 0 Å². The fraction of sp³-hybridized carbons (Fsp3) is 0.160. The van der Waals surface area contributed by atoms with Gasteiger partial charge < -0.3 is 8.83 Å². The maximum absolute atomic E-state index is 13.3. The van der Waals surface area contributed by atoms with Crippen LogP contribution in [0.2, 0.25) is 0 Å². The summed E-state index contributed by atoms with van der Waals surface area (Å²) in [6.45, 7) is 2.00. The van der Waals surface area contributed by atoms with Gasteiger partial charge in [0.05, 0.1) is 17.7 Å². The van der Waals surface area contributed by atoms with Crippen molar-refractivity contribution in [1.82, 2.24) is 25.2 Å². The molecule has 0 N–H and O–H groups in total. The van der Waals surface area contributed by atoms with Gasteiger partial charge in [0.15, 0.2) is 5.76 Å². The van der Waals surface area contributed by atoms with E-state index in [0.29, 0.717) is 28.8 Å². The van der Waals surface area contributed by atoms with Crippen molar-refractivity contribution in [2.75, 3.05) is 5.75 Å². The number of fused-ring (bicyclic) bond motifs is 1. The number of nitrogens with zero attached hydrogens (tertiary/aromatic N) is 6. The number of thioether (sulfide) groups is 1. The number of hydrogen-bond donors (Lipinski definition) is 0. The molecule has 2 aromatic carbocycles. The van der Waals surface area contributed by atoms with E-state index in [9.17, 15) is 4.79 Å². The third-order valence-electron chi connectivity index (χ3n) is 5.76. The molecule has 1 unspecified atom stereocenters. The quantitative estimate of drug-likeness (QED) is 0.320. The Balaban J connectivity index is 1.25. The molecular weight excluding hydrogens is 464 g/mol. The molecule has 1 atom stereocenters. The van der Waals surface area contributed by atoms with Crippen LogP contribution in [0.5, 0.6) is 0 Å². The molecule has 4 heterocycles. The first-order chi connectivity index (χ1) is 17.2. The average molecular weight is 485 g/mol. The first-order valence-electron chi connectivity index (χ1n) is 11.1. The normalized spacial score (nSPS) is 15.6. The van der Waals surface area contributed by atoms with E-state index in [-0.39, 0.29) is 17.7 Å². The van der Waals surface area contributed by atoms with Crippen LogP contribution in [0.25, 0.3) is 16.7 Å². The number of aryl methyl sites for hydroxylation is 1. The maximum atomic E-state index is 13.3. The van der Waals surface area contributed by atoms with Gasteiger partial charge in [-0.1, -0.05) is 42.1 Å². The molecule has 10 heteroatoms. The molecule has 35 heavy (non-hydrogen) atoms. The van der Waals surface area contributed by atoms with E-state index < -0.39 is 0 Å². The van der Waals surface area contributed by atoms with Crippen molar-refractivity contribution < 1.29 is 13.6 Å². The van der Waals surface area contributed by atoms with Crippen molar-refractivity contribution in [2.24, 2.45) is 5.10 Å². The molecule has 0 aliphatic carbocycles. The second-order valence-electron chi connectivity index (χ2n) is 8.17. The zero-order valence-corrected chi connectivity index (χ0v) is 19.6. The molecule has 1 aliphatic rings. The highest BCUT2D eigenvalue weighted by molar-refractivity contribution is 7.99. The molecule has 0 saturated heterocycles. The van der Waals surface area contributed by atoms with Gasteiger partial charge in [0.25, 0.3) is 5.91 Å². The smallest absolute Gasteiger partial charge is 0.253 e. The number of furan rings is 2. The van der Waals surface area contributed by atoms with E-state index in [1.165, 1.54) is 16.8 Å². The molecule has 174 valence electrons. The first-order valence-corrected chi connectivity index (χ1v) is 12.0. The number of hydrogen-bond acceptors (Lipinski definition) is 8. The topological polar surface area (TPSA) is 103 Å². The fourth-order valence-corrected chi connectivity index (χ4v) is 4.84.